The summed E-state index contributed by atoms with van der Waals surface area (Å²) in [7, 11) is 0. The van der Waals surface area contributed by atoms with Gasteiger partial charge in [-0.2, -0.15) is 0 Å². The molecule has 4 aromatic carbocycles. The van der Waals surface area contributed by atoms with Crippen molar-refractivity contribution in [1.29, 1.82) is 0 Å². The van der Waals surface area contributed by atoms with Crippen LogP contribution in [-0.2, 0) is 10.8 Å². The zero-order valence-electron chi connectivity index (χ0n) is 24.8. The first-order chi connectivity index (χ1) is 19.7. The van der Waals surface area contributed by atoms with Crippen LogP contribution in [0.2, 0.25) is 0 Å². The Balaban J connectivity index is 1.37. The molecule has 0 radical (unpaired) electrons. The largest absolute Gasteiger partial charge is 0.335 e. The number of rotatable bonds is 1. The van der Waals surface area contributed by atoms with Crippen LogP contribution >= 0.6 is 0 Å². The number of nitrogens with zero attached hydrogens (tertiary/aromatic N) is 3. The molecule has 0 spiro atoms. The van der Waals surface area contributed by atoms with E-state index in [4.69, 9.17) is 4.98 Å². The number of hydrogen-bond donors (Lipinski definition) is 0. The van der Waals surface area contributed by atoms with E-state index in [-0.39, 0.29) is 23.1 Å². The van der Waals surface area contributed by atoms with Gasteiger partial charge < -0.3 is 9.47 Å². The lowest BCUT2D eigenvalue weighted by Crippen LogP contribution is -2.61. The molecule has 41 heavy (non-hydrogen) atoms. The summed E-state index contributed by atoms with van der Waals surface area (Å²) in [6.45, 7) is 12.4. The fourth-order valence-electron chi connectivity index (χ4n) is 8.89. The molecule has 0 amide bonds. The maximum atomic E-state index is 5.41. The van der Waals surface area contributed by atoms with E-state index in [1.165, 1.54) is 81.6 Å². The van der Waals surface area contributed by atoms with Crippen LogP contribution in [0.3, 0.4) is 0 Å². The minimum atomic E-state index is 0.0617. The second-order valence-electron chi connectivity index (χ2n) is 14.4. The molecule has 9 rings (SSSR count). The molecule has 0 bridgehead atoms. The van der Waals surface area contributed by atoms with E-state index in [9.17, 15) is 0 Å². The first kappa shape index (κ1) is 23.9. The normalized spacial score (nSPS) is 23.4. The maximum absolute atomic E-state index is 5.41. The zero-order chi connectivity index (χ0) is 27.9. The smallest absolute Gasteiger partial charge is 0.294 e. The van der Waals surface area contributed by atoms with Crippen molar-refractivity contribution in [3.05, 3.63) is 90.0 Å². The summed E-state index contributed by atoms with van der Waals surface area (Å²) in [5.74, 6) is 0. The van der Waals surface area contributed by atoms with E-state index in [0.717, 1.165) is 5.52 Å². The Labute approximate surface area is 243 Å². The Bertz CT molecular complexity index is 1930. The van der Waals surface area contributed by atoms with Crippen LogP contribution in [0.5, 0.6) is 0 Å². The average Bonchev–Trinajstić information content (AvgIpc) is 3.56. The third-order valence-corrected chi connectivity index (χ3v) is 11.3. The first-order valence-corrected chi connectivity index (χ1v) is 15.4. The topological polar surface area (TPSA) is 21.1 Å². The number of anilines is 2. The van der Waals surface area contributed by atoms with E-state index in [2.05, 4.69) is 123 Å². The van der Waals surface area contributed by atoms with E-state index in [1.807, 2.05) is 0 Å². The Morgan fingerprint density at radius 3 is 2.39 bits per heavy atom. The fourth-order valence-corrected chi connectivity index (χ4v) is 8.89. The lowest BCUT2D eigenvalue weighted by Gasteiger charge is -2.51. The van der Waals surface area contributed by atoms with Gasteiger partial charge in [0.05, 0.1) is 22.3 Å². The summed E-state index contributed by atoms with van der Waals surface area (Å²) in [5.41, 5.74) is 16.3. The number of benzene rings is 4. The average molecular weight is 534 g/mol. The van der Waals surface area contributed by atoms with E-state index in [1.54, 1.807) is 5.56 Å². The van der Waals surface area contributed by atoms with E-state index >= 15 is 0 Å². The van der Waals surface area contributed by atoms with Crippen LogP contribution in [-0.4, -0.2) is 21.8 Å². The van der Waals surface area contributed by atoms with Crippen LogP contribution < -0.4 is 21.5 Å². The second-order valence-corrected chi connectivity index (χ2v) is 14.4. The predicted octanol–water partition coefficient (Wildman–Crippen LogP) is 6.88. The van der Waals surface area contributed by atoms with Crippen molar-refractivity contribution in [1.82, 2.24) is 9.55 Å². The van der Waals surface area contributed by atoms with Crippen LogP contribution in [0.15, 0.2) is 78.9 Å². The molecule has 0 N–H and O–H groups in total. The standard InChI is InChI=1S/C37H36BN3/c1-35(2,3)25-21-26-33-27(22-25)38-32-29(14-11-15-30(32)41(33)37(5)19-10-9-18-36(26,37)4)40-31-20-24(23-12-7-6-8-13-23)16-17-28(31)39-34(38)40/h6-8,11-17,20-22H,9-10,18-19H2,1-5H3. The van der Waals surface area contributed by atoms with Crippen LogP contribution in [0, 0.1) is 0 Å². The lowest BCUT2D eigenvalue weighted by molar-refractivity contribution is 0.195. The van der Waals surface area contributed by atoms with Gasteiger partial charge in [-0.25, -0.2) is 4.98 Å². The SMILES string of the molecule is CC(C)(C)c1cc2c3c(c1)C1(C)CCCCC1(C)N3c1cccc3c1B2c1nc2ccc(-c4ccccc4)cc2n1-3. The highest BCUT2D eigenvalue weighted by atomic mass is 15.3. The van der Waals surface area contributed by atoms with Gasteiger partial charge in [-0.3, -0.25) is 0 Å². The van der Waals surface area contributed by atoms with Gasteiger partial charge >= 0.3 is 0 Å². The number of imidazole rings is 1. The van der Waals surface area contributed by atoms with Gasteiger partial charge in [-0.05, 0) is 82.6 Å². The molecule has 3 nitrogen and oxygen atoms in total. The van der Waals surface area contributed by atoms with Gasteiger partial charge in [-0.15, -0.1) is 0 Å². The Morgan fingerprint density at radius 2 is 1.59 bits per heavy atom. The minimum absolute atomic E-state index is 0.0617. The van der Waals surface area contributed by atoms with Gasteiger partial charge in [0.1, 0.15) is 0 Å². The van der Waals surface area contributed by atoms with E-state index in [0.29, 0.717) is 0 Å². The molecule has 202 valence electrons. The number of fused-ring (bicyclic) bond motifs is 10. The fraction of sp³-hybridized carbons (Fsp3) is 0.324. The summed E-state index contributed by atoms with van der Waals surface area (Å²) >= 11 is 0. The molecule has 4 aliphatic rings. The molecular formula is C37H36BN3. The molecule has 2 atom stereocenters. The van der Waals surface area contributed by atoms with Crippen LogP contribution in [0.4, 0.5) is 11.4 Å². The highest BCUT2D eigenvalue weighted by Gasteiger charge is 2.61. The lowest BCUT2D eigenvalue weighted by atomic mass is 9.38. The second kappa shape index (κ2) is 7.53. The highest BCUT2D eigenvalue weighted by molar-refractivity contribution is 6.99. The maximum Gasteiger partial charge on any atom is 0.294 e. The Morgan fingerprint density at radius 1 is 0.805 bits per heavy atom. The highest BCUT2D eigenvalue weighted by Crippen LogP contribution is 2.61. The van der Waals surface area contributed by atoms with Crippen molar-refractivity contribution >= 4 is 45.8 Å². The van der Waals surface area contributed by atoms with Crippen molar-refractivity contribution in [2.75, 3.05) is 4.90 Å². The molecule has 1 saturated carbocycles. The van der Waals surface area contributed by atoms with Crippen molar-refractivity contribution < 1.29 is 0 Å². The molecule has 3 aliphatic heterocycles. The molecule has 0 saturated heterocycles. The summed E-state index contributed by atoms with van der Waals surface area (Å²) < 4.78 is 2.48. The summed E-state index contributed by atoms with van der Waals surface area (Å²) in [4.78, 5) is 8.20. The molecule has 1 aromatic heterocycles. The van der Waals surface area contributed by atoms with Gasteiger partial charge in [-0.1, -0.05) is 95.1 Å². The molecule has 2 unspecified atom stereocenters. The minimum Gasteiger partial charge on any atom is -0.335 e. The first-order valence-electron chi connectivity index (χ1n) is 15.4. The molecular weight excluding hydrogens is 497 g/mol. The summed E-state index contributed by atoms with van der Waals surface area (Å²) in [5, 5.41) is 0. The molecule has 1 fully saturated rings. The predicted molar refractivity (Wildman–Crippen MR) is 173 cm³/mol. The van der Waals surface area contributed by atoms with Crippen molar-refractivity contribution in [2.24, 2.45) is 0 Å². The molecule has 1 aliphatic carbocycles. The van der Waals surface area contributed by atoms with Crippen LogP contribution in [0.1, 0.15) is 71.4 Å². The van der Waals surface area contributed by atoms with E-state index < -0.39 is 0 Å². The van der Waals surface area contributed by atoms with Crippen molar-refractivity contribution in [2.45, 2.75) is 76.7 Å². The zero-order valence-corrected chi connectivity index (χ0v) is 24.8. The number of aromatic nitrogens is 2. The quantitative estimate of drug-likeness (QED) is 0.215. The molecule has 4 heteroatoms. The van der Waals surface area contributed by atoms with Crippen molar-refractivity contribution in [3.8, 4) is 16.8 Å². The van der Waals surface area contributed by atoms with Gasteiger partial charge in [0, 0.05) is 22.5 Å². The van der Waals surface area contributed by atoms with Gasteiger partial charge in [0.25, 0.3) is 6.71 Å². The third-order valence-electron chi connectivity index (χ3n) is 11.3. The Hall–Kier alpha value is -3.79. The molecule has 5 aromatic rings. The van der Waals surface area contributed by atoms with Gasteiger partial charge in [0.15, 0.2) is 0 Å². The Kier molecular flexibility index (Phi) is 4.39. The summed E-state index contributed by atoms with van der Waals surface area (Å²) in [6.07, 6.45) is 5.08. The molecule has 4 heterocycles. The third kappa shape index (κ3) is 2.79. The van der Waals surface area contributed by atoms with Gasteiger partial charge in [0.2, 0.25) is 0 Å². The van der Waals surface area contributed by atoms with Crippen molar-refractivity contribution in [3.63, 3.8) is 0 Å². The number of hydrogen-bond acceptors (Lipinski definition) is 2. The summed E-state index contributed by atoms with van der Waals surface area (Å²) in [6, 6.07) is 29.6. The monoisotopic (exact) mass is 533 g/mol. The van der Waals surface area contributed by atoms with Crippen LogP contribution in [0.25, 0.3) is 27.8 Å².